The fraction of sp³-hybridized carbons (Fsp3) is 0.111. The van der Waals surface area contributed by atoms with E-state index in [2.05, 4.69) is 28.4 Å². The highest BCUT2D eigenvalue weighted by Gasteiger charge is 1.94. The summed E-state index contributed by atoms with van der Waals surface area (Å²) in [5.74, 6) is 0. The lowest BCUT2D eigenvalue weighted by Crippen LogP contribution is -1.80. The molecular formula is C9H8N2S. The monoisotopic (exact) mass is 176 g/mol. The fourth-order valence-corrected chi connectivity index (χ4v) is 1.54. The van der Waals surface area contributed by atoms with Gasteiger partial charge in [-0.3, -0.25) is 0 Å². The molecule has 0 saturated carbocycles. The van der Waals surface area contributed by atoms with Gasteiger partial charge >= 0.3 is 0 Å². The van der Waals surface area contributed by atoms with E-state index >= 15 is 0 Å². The van der Waals surface area contributed by atoms with Crippen LogP contribution in [0.25, 0.3) is 10.9 Å². The SMILES string of the molecule is CSc1ccc2ncncc2c1. The minimum atomic E-state index is 1.00. The van der Waals surface area contributed by atoms with Crippen LogP contribution in [0.4, 0.5) is 0 Å². The molecule has 0 atom stereocenters. The molecule has 0 aliphatic rings. The van der Waals surface area contributed by atoms with Gasteiger partial charge in [-0.1, -0.05) is 0 Å². The highest BCUT2D eigenvalue weighted by atomic mass is 32.2. The van der Waals surface area contributed by atoms with Crippen molar-refractivity contribution in [1.82, 2.24) is 9.97 Å². The van der Waals surface area contributed by atoms with Crippen molar-refractivity contribution in [2.24, 2.45) is 0 Å². The van der Waals surface area contributed by atoms with Crippen LogP contribution in [0.5, 0.6) is 0 Å². The summed E-state index contributed by atoms with van der Waals surface area (Å²) < 4.78 is 0. The summed E-state index contributed by atoms with van der Waals surface area (Å²) in [5, 5.41) is 1.10. The summed E-state index contributed by atoms with van der Waals surface area (Å²) in [6.45, 7) is 0. The Bertz CT molecular complexity index is 400. The van der Waals surface area contributed by atoms with Crippen LogP contribution in [0, 0.1) is 0 Å². The van der Waals surface area contributed by atoms with E-state index in [-0.39, 0.29) is 0 Å². The Balaban J connectivity index is 2.67. The first-order chi connectivity index (χ1) is 5.90. The first-order valence-electron chi connectivity index (χ1n) is 3.64. The number of thioether (sulfide) groups is 1. The van der Waals surface area contributed by atoms with E-state index in [1.54, 1.807) is 18.1 Å². The maximum absolute atomic E-state index is 4.14. The average Bonchev–Trinajstić information content (AvgIpc) is 2.17. The molecule has 0 aliphatic heterocycles. The summed E-state index contributed by atoms with van der Waals surface area (Å²) in [5.41, 5.74) is 1.00. The van der Waals surface area contributed by atoms with Crippen molar-refractivity contribution >= 4 is 22.7 Å². The molecule has 0 fully saturated rings. The van der Waals surface area contributed by atoms with Crippen LogP contribution in [0.2, 0.25) is 0 Å². The number of aromatic nitrogens is 2. The predicted octanol–water partition coefficient (Wildman–Crippen LogP) is 2.35. The van der Waals surface area contributed by atoms with Crippen molar-refractivity contribution < 1.29 is 0 Å². The van der Waals surface area contributed by atoms with E-state index in [0.717, 1.165) is 10.9 Å². The maximum Gasteiger partial charge on any atom is 0.116 e. The number of benzene rings is 1. The molecule has 0 amide bonds. The normalized spacial score (nSPS) is 10.4. The minimum absolute atomic E-state index is 1.00. The van der Waals surface area contributed by atoms with E-state index < -0.39 is 0 Å². The number of hydrogen-bond donors (Lipinski definition) is 0. The lowest BCUT2D eigenvalue weighted by Gasteiger charge is -1.97. The minimum Gasteiger partial charge on any atom is -0.244 e. The number of fused-ring (bicyclic) bond motifs is 1. The zero-order valence-electron chi connectivity index (χ0n) is 6.69. The van der Waals surface area contributed by atoms with Crippen molar-refractivity contribution in [3.63, 3.8) is 0 Å². The van der Waals surface area contributed by atoms with Crippen molar-refractivity contribution in [3.8, 4) is 0 Å². The molecule has 0 unspecified atom stereocenters. The highest BCUT2D eigenvalue weighted by molar-refractivity contribution is 7.98. The smallest absolute Gasteiger partial charge is 0.116 e. The van der Waals surface area contributed by atoms with Gasteiger partial charge in [-0.2, -0.15) is 0 Å². The second-order valence-corrected chi connectivity index (χ2v) is 3.33. The van der Waals surface area contributed by atoms with Crippen LogP contribution in [0.1, 0.15) is 0 Å². The van der Waals surface area contributed by atoms with E-state index in [1.807, 2.05) is 12.3 Å². The van der Waals surface area contributed by atoms with Gasteiger partial charge in [0.2, 0.25) is 0 Å². The first-order valence-corrected chi connectivity index (χ1v) is 4.86. The molecule has 0 bridgehead atoms. The Kier molecular flexibility index (Phi) is 1.96. The molecule has 2 aromatic rings. The molecule has 0 saturated heterocycles. The Labute approximate surface area is 75.0 Å². The Hall–Kier alpha value is -1.09. The summed E-state index contributed by atoms with van der Waals surface area (Å²) in [6, 6.07) is 6.18. The van der Waals surface area contributed by atoms with Crippen molar-refractivity contribution in [1.29, 1.82) is 0 Å². The molecule has 0 spiro atoms. The lowest BCUT2D eigenvalue weighted by atomic mass is 10.2. The topological polar surface area (TPSA) is 25.8 Å². The molecular weight excluding hydrogens is 168 g/mol. The van der Waals surface area contributed by atoms with Crippen LogP contribution in [-0.2, 0) is 0 Å². The van der Waals surface area contributed by atoms with Crippen LogP contribution < -0.4 is 0 Å². The van der Waals surface area contributed by atoms with Crippen LogP contribution in [-0.4, -0.2) is 16.2 Å². The molecule has 2 rings (SSSR count). The maximum atomic E-state index is 4.14. The average molecular weight is 176 g/mol. The van der Waals surface area contributed by atoms with Gasteiger partial charge in [0, 0.05) is 16.5 Å². The highest BCUT2D eigenvalue weighted by Crippen LogP contribution is 2.19. The third-order valence-corrected chi connectivity index (χ3v) is 2.44. The molecule has 60 valence electrons. The van der Waals surface area contributed by atoms with Gasteiger partial charge in [0.15, 0.2) is 0 Å². The molecule has 0 radical (unpaired) electrons. The van der Waals surface area contributed by atoms with Crippen molar-refractivity contribution in [2.75, 3.05) is 6.26 Å². The van der Waals surface area contributed by atoms with E-state index in [1.165, 1.54) is 4.90 Å². The lowest BCUT2D eigenvalue weighted by molar-refractivity contribution is 1.22. The third kappa shape index (κ3) is 1.28. The molecule has 3 heteroatoms. The quantitative estimate of drug-likeness (QED) is 0.624. The van der Waals surface area contributed by atoms with Gasteiger partial charge in [-0.25, -0.2) is 9.97 Å². The van der Waals surface area contributed by atoms with Gasteiger partial charge in [0.1, 0.15) is 6.33 Å². The van der Waals surface area contributed by atoms with Gasteiger partial charge in [-0.05, 0) is 24.5 Å². The predicted molar refractivity (Wildman–Crippen MR) is 51.3 cm³/mol. The zero-order chi connectivity index (χ0) is 8.39. The van der Waals surface area contributed by atoms with E-state index in [0.29, 0.717) is 0 Å². The number of rotatable bonds is 1. The largest absolute Gasteiger partial charge is 0.244 e. The fourth-order valence-electron chi connectivity index (χ4n) is 1.09. The van der Waals surface area contributed by atoms with Gasteiger partial charge in [0.05, 0.1) is 5.52 Å². The van der Waals surface area contributed by atoms with E-state index in [4.69, 9.17) is 0 Å². The molecule has 1 aromatic heterocycles. The molecule has 1 heterocycles. The summed E-state index contributed by atoms with van der Waals surface area (Å²) >= 11 is 1.73. The van der Waals surface area contributed by atoms with Gasteiger partial charge < -0.3 is 0 Å². The third-order valence-electron chi connectivity index (χ3n) is 1.71. The van der Waals surface area contributed by atoms with Gasteiger partial charge in [0.25, 0.3) is 0 Å². The van der Waals surface area contributed by atoms with Crippen LogP contribution in [0.15, 0.2) is 35.6 Å². The van der Waals surface area contributed by atoms with Crippen LogP contribution >= 0.6 is 11.8 Å². The van der Waals surface area contributed by atoms with Crippen molar-refractivity contribution in [2.45, 2.75) is 4.90 Å². The molecule has 12 heavy (non-hydrogen) atoms. The Morgan fingerprint density at radius 3 is 3.08 bits per heavy atom. The molecule has 0 aliphatic carbocycles. The molecule has 1 aromatic carbocycles. The summed E-state index contributed by atoms with van der Waals surface area (Å²) in [4.78, 5) is 9.35. The number of hydrogen-bond acceptors (Lipinski definition) is 3. The second kappa shape index (κ2) is 3.11. The summed E-state index contributed by atoms with van der Waals surface area (Å²) in [7, 11) is 0. The first kappa shape index (κ1) is 7.55. The standard InChI is InChI=1S/C9H8N2S/c1-12-8-2-3-9-7(4-8)5-10-6-11-9/h2-6H,1H3. The Morgan fingerprint density at radius 2 is 2.25 bits per heavy atom. The van der Waals surface area contributed by atoms with Crippen molar-refractivity contribution in [3.05, 3.63) is 30.7 Å². The second-order valence-electron chi connectivity index (χ2n) is 2.45. The van der Waals surface area contributed by atoms with Gasteiger partial charge in [-0.15, -0.1) is 11.8 Å². The zero-order valence-corrected chi connectivity index (χ0v) is 7.51. The van der Waals surface area contributed by atoms with E-state index in [9.17, 15) is 0 Å². The summed E-state index contributed by atoms with van der Waals surface area (Å²) in [6.07, 6.45) is 5.47. The van der Waals surface area contributed by atoms with Crippen LogP contribution in [0.3, 0.4) is 0 Å². The Morgan fingerprint density at radius 1 is 1.33 bits per heavy atom. The number of nitrogens with zero attached hydrogens (tertiary/aromatic N) is 2. The molecule has 2 nitrogen and oxygen atoms in total. The molecule has 0 N–H and O–H groups in total.